The molecule has 0 saturated carbocycles. The fourth-order valence-corrected chi connectivity index (χ4v) is 1.12. The van der Waals surface area contributed by atoms with Crippen LogP contribution in [-0.4, -0.2) is 4.92 Å². The summed E-state index contributed by atoms with van der Waals surface area (Å²) in [6.07, 6.45) is -4.63. The lowest BCUT2D eigenvalue weighted by Gasteiger charge is -2.11. The molecule has 15 heavy (non-hydrogen) atoms. The first kappa shape index (κ1) is 11.3. The van der Waals surface area contributed by atoms with Crippen LogP contribution in [0.2, 0.25) is 0 Å². The van der Waals surface area contributed by atoms with Crippen molar-refractivity contribution >= 4 is 11.4 Å². The van der Waals surface area contributed by atoms with Gasteiger partial charge in [0.2, 0.25) is 0 Å². The van der Waals surface area contributed by atoms with Crippen LogP contribution in [0.15, 0.2) is 12.1 Å². The Hall–Kier alpha value is -1.79. The van der Waals surface area contributed by atoms with E-state index in [0.29, 0.717) is 6.07 Å². The molecule has 0 amide bonds. The summed E-state index contributed by atoms with van der Waals surface area (Å²) in [5.74, 6) is 0. The summed E-state index contributed by atoms with van der Waals surface area (Å²) in [6.45, 7) is 1.17. The van der Waals surface area contributed by atoms with Gasteiger partial charge in [0.15, 0.2) is 0 Å². The van der Waals surface area contributed by atoms with E-state index in [9.17, 15) is 23.3 Å². The molecule has 0 fully saturated rings. The minimum atomic E-state index is -4.63. The quantitative estimate of drug-likeness (QED) is 0.449. The van der Waals surface area contributed by atoms with Gasteiger partial charge >= 0.3 is 6.18 Å². The Kier molecular flexibility index (Phi) is 2.57. The highest BCUT2D eigenvalue weighted by Gasteiger charge is 2.34. The highest BCUT2D eigenvalue weighted by atomic mass is 19.4. The lowest BCUT2D eigenvalue weighted by Crippen LogP contribution is -2.10. The van der Waals surface area contributed by atoms with Crippen molar-refractivity contribution < 1.29 is 18.1 Å². The van der Waals surface area contributed by atoms with Gasteiger partial charge in [0.05, 0.1) is 10.5 Å². The van der Waals surface area contributed by atoms with Gasteiger partial charge in [-0.15, -0.1) is 0 Å². The molecule has 82 valence electrons. The van der Waals surface area contributed by atoms with Crippen LogP contribution in [0.5, 0.6) is 0 Å². The van der Waals surface area contributed by atoms with E-state index in [0.717, 1.165) is 6.07 Å². The minimum absolute atomic E-state index is 0.201. The summed E-state index contributed by atoms with van der Waals surface area (Å²) in [5.41, 5.74) is 3.07. The first-order valence-corrected chi connectivity index (χ1v) is 3.85. The number of nitrogens with two attached hydrogens (primary N) is 1. The standard InChI is InChI=1S/C8H7F3N2O2/c1-4-6(8(9,10)11)2-5(13(14)15)3-7(4)12/h2-3H,12H2,1H3. The highest BCUT2D eigenvalue weighted by Crippen LogP contribution is 2.36. The number of nitrogens with zero attached hydrogens (tertiary/aromatic N) is 1. The summed E-state index contributed by atoms with van der Waals surface area (Å²) in [4.78, 5) is 9.41. The number of nitro benzene ring substituents is 1. The molecule has 1 aromatic carbocycles. The van der Waals surface area contributed by atoms with Gasteiger partial charge in [-0.3, -0.25) is 10.1 Å². The van der Waals surface area contributed by atoms with Crippen LogP contribution in [0.1, 0.15) is 11.1 Å². The predicted octanol–water partition coefficient (Wildman–Crippen LogP) is 2.50. The fraction of sp³-hybridized carbons (Fsp3) is 0.250. The third kappa shape index (κ3) is 2.17. The van der Waals surface area contributed by atoms with E-state index in [1.807, 2.05) is 0 Å². The van der Waals surface area contributed by atoms with Crippen molar-refractivity contribution in [3.05, 3.63) is 33.4 Å². The molecule has 2 N–H and O–H groups in total. The molecule has 0 bridgehead atoms. The Balaban J connectivity index is 3.45. The summed E-state index contributed by atoms with van der Waals surface area (Å²) in [7, 11) is 0. The van der Waals surface area contributed by atoms with E-state index in [2.05, 4.69) is 0 Å². The zero-order chi connectivity index (χ0) is 11.8. The molecular weight excluding hydrogens is 213 g/mol. The third-order valence-electron chi connectivity index (χ3n) is 1.95. The SMILES string of the molecule is Cc1c(N)cc([N+](=O)[O-])cc1C(F)(F)F. The van der Waals surface area contributed by atoms with Crippen LogP contribution >= 0.6 is 0 Å². The Morgan fingerprint density at radius 3 is 2.33 bits per heavy atom. The second kappa shape index (κ2) is 3.41. The number of halogens is 3. The molecule has 0 aliphatic carbocycles. The molecule has 0 aliphatic heterocycles. The van der Waals surface area contributed by atoms with Crippen molar-refractivity contribution in [1.82, 2.24) is 0 Å². The molecule has 7 heteroatoms. The van der Waals surface area contributed by atoms with Crippen LogP contribution in [0.3, 0.4) is 0 Å². The van der Waals surface area contributed by atoms with Gasteiger partial charge in [-0.2, -0.15) is 13.2 Å². The van der Waals surface area contributed by atoms with Gasteiger partial charge in [0.1, 0.15) is 0 Å². The second-order valence-corrected chi connectivity index (χ2v) is 2.96. The number of benzene rings is 1. The molecule has 1 rings (SSSR count). The predicted molar refractivity (Wildman–Crippen MR) is 47.2 cm³/mol. The molecule has 0 aromatic heterocycles. The molecular formula is C8H7F3N2O2. The van der Waals surface area contributed by atoms with Crippen molar-refractivity contribution in [3.8, 4) is 0 Å². The van der Waals surface area contributed by atoms with E-state index >= 15 is 0 Å². The number of nitro groups is 1. The molecule has 0 radical (unpaired) electrons. The monoisotopic (exact) mass is 220 g/mol. The minimum Gasteiger partial charge on any atom is -0.398 e. The first-order chi connectivity index (χ1) is 6.73. The zero-order valence-electron chi connectivity index (χ0n) is 7.63. The summed E-state index contributed by atoms with van der Waals surface area (Å²) >= 11 is 0. The average Bonchev–Trinajstić information content (AvgIpc) is 2.06. The van der Waals surface area contributed by atoms with E-state index in [1.54, 1.807) is 0 Å². The van der Waals surface area contributed by atoms with Crippen molar-refractivity contribution in [3.63, 3.8) is 0 Å². The van der Waals surface area contributed by atoms with E-state index < -0.39 is 22.4 Å². The Bertz CT molecular complexity index is 415. The number of anilines is 1. The maximum atomic E-state index is 12.4. The van der Waals surface area contributed by atoms with Crippen LogP contribution in [0.4, 0.5) is 24.5 Å². The second-order valence-electron chi connectivity index (χ2n) is 2.96. The van der Waals surface area contributed by atoms with Gasteiger partial charge < -0.3 is 5.73 Å². The number of nitrogen functional groups attached to an aromatic ring is 1. The van der Waals surface area contributed by atoms with Crippen LogP contribution in [0.25, 0.3) is 0 Å². The summed E-state index contributed by atoms with van der Waals surface area (Å²) in [6, 6.07) is 1.39. The van der Waals surface area contributed by atoms with Crippen molar-refractivity contribution in [2.24, 2.45) is 0 Å². The molecule has 0 aliphatic rings. The fourth-order valence-electron chi connectivity index (χ4n) is 1.12. The molecule has 4 nitrogen and oxygen atoms in total. The van der Waals surface area contributed by atoms with Crippen molar-refractivity contribution in [1.29, 1.82) is 0 Å². The topological polar surface area (TPSA) is 69.2 Å². The van der Waals surface area contributed by atoms with Gasteiger partial charge in [0, 0.05) is 17.8 Å². The Morgan fingerprint density at radius 1 is 1.40 bits per heavy atom. The average molecular weight is 220 g/mol. The molecule has 1 aromatic rings. The summed E-state index contributed by atoms with van der Waals surface area (Å²) < 4.78 is 37.2. The van der Waals surface area contributed by atoms with Gasteiger partial charge in [0.25, 0.3) is 5.69 Å². The van der Waals surface area contributed by atoms with Gasteiger partial charge in [-0.25, -0.2) is 0 Å². The molecule has 0 unspecified atom stereocenters. The Morgan fingerprint density at radius 2 is 1.93 bits per heavy atom. The zero-order valence-corrected chi connectivity index (χ0v) is 7.63. The maximum Gasteiger partial charge on any atom is 0.416 e. The molecule has 0 saturated heterocycles. The third-order valence-corrected chi connectivity index (χ3v) is 1.95. The van der Waals surface area contributed by atoms with Gasteiger partial charge in [-0.05, 0) is 12.5 Å². The molecule has 0 atom stereocenters. The van der Waals surface area contributed by atoms with Crippen LogP contribution in [-0.2, 0) is 6.18 Å². The van der Waals surface area contributed by atoms with Crippen molar-refractivity contribution in [2.45, 2.75) is 13.1 Å². The van der Waals surface area contributed by atoms with E-state index in [1.165, 1.54) is 6.92 Å². The summed E-state index contributed by atoms with van der Waals surface area (Å²) in [5, 5.41) is 10.3. The lowest BCUT2D eigenvalue weighted by atomic mass is 10.1. The lowest BCUT2D eigenvalue weighted by molar-refractivity contribution is -0.385. The smallest absolute Gasteiger partial charge is 0.398 e. The number of hydrogen-bond donors (Lipinski definition) is 1. The van der Waals surface area contributed by atoms with E-state index in [4.69, 9.17) is 5.73 Å². The van der Waals surface area contributed by atoms with Gasteiger partial charge in [-0.1, -0.05) is 0 Å². The molecule has 0 spiro atoms. The number of alkyl halides is 3. The normalized spacial score (nSPS) is 11.5. The molecule has 0 heterocycles. The number of hydrogen-bond acceptors (Lipinski definition) is 3. The van der Waals surface area contributed by atoms with Crippen molar-refractivity contribution in [2.75, 3.05) is 5.73 Å². The number of rotatable bonds is 1. The number of non-ortho nitro benzene ring substituents is 1. The Labute approximate surface area is 82.7 Å². The first-order valence-electron chi connectivity index (χ1n) is 3.85. The van der Waals surface area contributed by atoms with Crippen LogP contribution in [0, 0.1) is 17.0 Å². The largest absolute Gasteiger partial charge is 0.416 e. The van der Waals surface area contributed by atoms with Crippen LogP contribution < -0.4 is 5.73 Å². The maximum absolute atomic E-state index is 12.4. The highest BCUT2D eigenvalue weighted by molar-refractivity contribution is 5.58. The van der Waals surface area contributed by atoms with E-state index in [-0.39, 0.29) is 11.3 Å².